The van der Waals surface area contributed by atoms with Crippen molar-refractivity contribution in [2.45, 2.75) is 6.92 Å². The van der Waals surface area contributed by atoms with E-state index in [0.717, 1.165) is 21.3 Å². The van der Waals surface area contributed by atoms with Crippen molar-refractivity contribution in [3.63, 3.8) is 0 Å². The van der Waals surface area contributed by atoms with Crippen molar-refractivity contribution in [1.82, 2.24) is 0 Å². The minimum atomic E-state index is -0.175. The molecule has 0 aromatic heterocycles. The molecule has 1 amide bonds. The molecule has 102 valence electrons. The SMILES string of the molecule is Cc1ccc(NC(=O)/C=C/c2ccc(N)cc2)c(Br)c1. The number of anilines is 2. The minimum absolute atomic E-state index is 0.175. The summed E-state index contributed by atoms with van der Waals surface area (Å²) in [6.45, 7) is 2.00. The summed E-state index contributed by atoms with van der Waals surface area (Å²) in [5.74, 6) is -0.175. The van der Waals surface area contributed by atoms with Crippen LogP contribution < -0.4 is 11.1 Å². The van der Waals surface area contributed by atoms with E-state index in [1.807, 2.05) is 37.3 Å². The molecule has 2 aromatic rings. The first kappa shape index (κ1) is 14.3. The van der Waals surface area contributed by atoms with Crippen molar-refractivity contribution < 1.29 is 4.79 Å². The van der Waals surface area contributed by atoms with E-state index in [1.165, 1.54) is 6.08 Å². The van der Waals surface area contributed by atoms with Crippen LogP contribution >= 0.6 is 15.9 Å². The highest BCUT2D eigenvalue weighted by Crippen LogP contribution is 2.23. The molecule has 0 spiro atoms. The number of nitrogens with one attached hydrogen (secondary N) is 1. The van der Waals surface area contributed by atoms with E-state index in [-0.39, 0.29) is 5.91 Å². The molecule has 0 heterocycles. The maximum atomic E-state index is 11.8. The highest BCUT2D eigenvalue weighted by Gasteiger charge is 2.02. The van der Waals surface area contributed by atoms with Crippen molar-refractivity contribution in [3.05, 3.63) is 64.1 Å². The van der Waals surface area contributed by atoms with Gasteiger partial charge in [0.1, 0.15) is 0 Å². The van der Waals surface area contributed by atoms with Crippen LogP contribution in [0.1, 0.15) is 11.1 Å². The van der Waals surface area contributed by atoms with Gasteiger partial charge in [0.25, 0.3) is 0 Å². The molecular formula is C16H15BrN2O. The summed E-state index contributed by atoms with van der Waals surface area (Å²) >= 11 is 3.43. The van der Waals surface area contributed by atoms with Gasteiger partial charge in [-0.3, -0.25) is 4.79 Å². The number of hydrogen-bond acceptors (Lipinski definition) is 2. The number of amides is 1. The number of nitrogens with two attached hydrogens (primary N) is 1. The summed E-state index contributed by atoms with van der Waals surface area (Å²) in [6, 6.07) is 13.1. The zero-order valence-electron chi connectivity index (χ0n) is 11.1. The number of aryl methyl sites for hydroxylation is 1. The number of carbonyl (C=O) groups excluding carboxylic acids is 1. The van der Waals surface area contributed by atoms with Gasteiger partial charge < -0.3 is 11.1 Å². The molecule has 2 rings (SSSR count). The second-order valence-corrected chi connectivity index (χ2v) is 5.33. The predicted octanol–water partition coefficient (Wildman–Crippen LogP) is 3.99. The van der Waals surface area contributed by atoms with Gasteiger partial charge >= 0.3 is 0 Å². The Hall–Kier alpha value is -2.07. The fraction of sp³-hybridized carbons (Fsp3) is 0.0625. The molecule has 0 saturated carbocycles. The maximum absolute atomic E-state index is 11.8. The Morgan fingerprint density at radius 3 is 2.55 bits per heavy atom. The zero-order chi connectivity index (χ0) is 14.5. The van der Waals surface area contributed by atoms with Crippen molar-refractivity contribution in [2.75, 3.05) is 11.1 Å². The minimum Gasteiger partial charge on any atom is -0.399 e. The fourth-order valence-electron chi connectivity index (χ4n) is 1.67. The van der Waals surface area contributed by atoms with Crippen molar-refractivity contribution in [3.8, 4) is 0 Å². The van der Waals surface area contributed by atoms with Gasteiger partial charge in [0, 0.05) is 16.2 Å². The Labute approximate surface area is 126 Å². The lowest BCUT2D eigenvalue weighted by atomic mass is 10.2. The number of nitrogen functional groups attached to an aromatic ring is 1. The Bertz CT molecular complexity index is 648. The van der Waals surface area contributed by atoms with Crippen molar-refractivity contribution in [1.29, 1.82) is 0 Å². The average molecular weight is 331 g/mol. The van der Waals surface area contributed by atoms with E-state index in [2.05, 4.69) is 21.2 Å². The second-order valence-electron chi connectivity index (χ2n) is 4.47. The van der Waals surface area contributed by atoms with Crippen LogP contribution in [-0.4, -0.2) is 5.91 Å². The normalized spacial score (nSPS) is 10.7. The topological polar surface area (TPSA) is 55.1 Å². The van der Waals surface area contributed by atoms with Gasteiger partial charge in [0.05, 0.1) is 5.69 Å². The monoisotopic (exact) mass is 330 g/mol. The van der Waals surface area contributed by atoms with Crippen LogP contribution in [0.25, 0.3) is 6.08 Å². The van der Waals surface area contributed by atoms with E-state index in [1.54, 1.807) is 18.2 Å². The van der Waals surface area contributed by atoms with Crippen molar-refractivity contribution >= 4 is 39.3 Å². The summed E-state index contributed by atoms with van der Waals surface area (Å²) in [5, 5.41) is 2.82. The smallest absolute Gasteiger partial charge is 0.248 e. The van der Waals surface area contributed by atoms with Gasteiger partial charge in [0.15, 0.2) is 0 Å². The van der Waals surface area contributed by atoms with Crippen LogP contribution in [0.15, 0.2) is 53.0 Å². The molecule has 0 bridgehead atoms. The average Bonchev–Trinajstić information content (AvgIpc) is 2.41. The molecule has 0 radical (unpaired) electrons. The van der Waals surface area contributed by atoms with Gasteiger partial charge in [-0.25, -0.2) is 0 Å². The van der Waals surface area contributed by atoms with Crippen molar-refractivity contribution in [2.24, 2.45) is 0 Å². The maximum Gasteiger partial charge on any atom is 0.248 e. The van der Waals surface area contributed by atoms with Crippen LogP contribution in [0.4, 0.5) is 11.4 Å². The van der Waals surface area contributed by atoms with Gasteiger partial charge in [-0.15, -0.1) is 0 Å². The lowest BCUT2D eigenvalue weighted by Gasteiger charge is -2.05. The number of hydrogen-bond donors (Lipinski definition) is 2. The van der Waals surface area contributed by atoms with Crippen LogP contribution in [0.3, 0.4) is 0 Å². The van der Waals surface area contributed by atoms with Gasteiger partial charge in [-0.2, -0.15) is 0 Å². The molecule has 0 aliphatic carbocycles. The molecule has 0 unspecified atom stereocenters. The van der Waals surface area contributed by atoms with E-state index in [4.69, 9.17) is 5.73 Å². The molecule has 20 heavy (non-hydrogen) atoms. The highest BCUT2D eigenvalue weighted by molar-refractivity contribution is 9.10. The van der Waals surface area contributed by atoms with E-state index in [0.29, 0.717) is 5.69 Å². The van der Waals surface area contributed by atoms with Crippen LogP contribution in [0, 0.1) is 6.92 Å². The first-order chi connectivity index (χ1) is 9.54. The first-order valence-corrected chi connectivity index (χ1v) is 6.94. The zero-order valence-corrected chi connectivity index (χ0v) is 12.6. The van der Waals surface area contributed by atoms with Crippen LogP contribution in [0.2, 0.25) is 0 Å². The third-order valence-corrected chi connectivity index (χ3v) is 3.40. The standard InChI is InChI=1S/C16H15BrN2O/c1-11-2-8-15(14(17)10-11)19-16(20)9-5-12-3-6-13(18)7-4-12/h2-10H,18H2,1H3,(H,19,20)/b9-5+. The Kier molecular flexibility index (Phi) is 4.58. The van der Waals surface area contributed by atoms with Gasteiger partial charge in [-0.05, 0) is 64.3 Å². The summed E-state index contributed by atoms with van der Waals surface area (Å²) in [6.07, 6.45) is 3.24. The summed E-state index contributed by atoms with van der Waals surface area (Å²) in [5.41, 5.74) is 9.12. The molecule has 2 aromatic carbocycles. The number of rotatable bonds is 3. The largest absolute Gasteiger partial charge is 0.399 e. The Morgan fingerprint density at radius 1 is 1.20 bits per heavy atom. The molecule has 3 nitrogen and oxygen atoms in total. The molecule has 0 aliphatic heterocycles. The van der Waals surface area contributed by atoms with E-state index >= 15 is 0 Å². The fourth-order valence-corrected chi connectivity index (χ4v) is 2.27. The third-order valence-electron chi connectivity index (χ3n) is 2.75. The molecule has 4 heteroatoms. The lowest BCUT2D eigenvalue weighted by molar-refractivity contribution is -0.111. The first-order valence-electron chi connectivity index (χ1n) is 6.15. The Balaban J connectivity index is 2.03. The highest BCUT2D eigenvalue weighted by atomic mass is 79.9. The Morgan fingerprint density at radius 2 is 1.90 bits per heavy atom. The lowest BCUT2D eigenvalue weighted by Crippen LogP contribution is -2.08. The van der Waals surface area contributed by atoms with Crippen LogP contribution in [-0.2, 0) is 4.79 Å². The summed E-state index contributed by atoms with van der Waals surface area (Å²) in [7, 11) is 0. The molecular weight excluding hydrogens is 316 g/mol. The van der Waals surface area contributed by atoms with Gasteiger partial charge in [-0.1, -0.05) is 18.2 Å². The number of halogens is 1. The van der Waals surface area contributed by atoms with Crippen LogP contribution in [0.5, 0.6) is 0 Å². The molecule has 0 aliphatic rings. The van der Waals surface area contributed by atoms with E-state index < -0.39 is 0 Å². The quantitative estimate of drug-likeness (QED) is 0.660. The summed E-state index contributed by atoms with van der Waals surface area (Å²) in [4.78, 5) is 11.8. The van der Waals surface area contributed by atoms with Gasteiger partial charge in [0.2, 0.25) is 5.91 Å². The summed E-state index contributed by atoms with van der Waals surface area (Å²) < 4.78 is 0.867. The number of benzene rings is 2. The van der Waals surface area contributed by atoms with E-state index in [9.17, 15) is 4.79 Å². The molecule has 0 saturated heterocycles. The molecule has 3 N–H and O–H groups in total. The molecule has 0 atom stereocenters. The predicted molar refractivity (Wildman–Crippen MR) is 87.4 cm³/mol. The second kappa shape index (κ2) is 6.39. The number of carbonyl (C=O) groups is 1. The molecule has 0 fully saturated rings. The third kappa shape index (κ3) is 3.96.